The Bertz CT molecular complexity index is 304. The maximum absolute atomic E-state index is 12.4. The van der Waals surface area contributed by atoms with E-state index in [4.69, 9.17) is 9.47 Å². The van der Waals surface area contributed by atoms with Gasteiger partial charge >= 0.3 is 0 Å². The number of amides is 1. The van der Waals surface area contributed by atoms with Gasteiger partial charge in [-0.1, -0.05) is 0 Å². The van der Waals surface area contributed by atoms with Gasteiger partial charge in [-0.2, -0.15) is 0 Å². The van der Waals surface area contributed by atoms with E-state index in [9.17, 15) is 4.79 Å². The van der Waals surface area contributed by atoms with Crippen LogP contribution in [-0.4, -0.2) is 69.6 Å². The van der Waals surface area contributed by atoms with Crippen LogP contribution in [0.2, 0.25) is 0 Å². The fourth-order valence-electron chi connectivity index (χ4n) is 3.21. The van der Waals surface area contributed by atoms with Gasteiger partial charge in [0.15, 0.2) is 6.29 Å². The van der Waals surface area contributed by atoms with Crippen molar-refractivity contribution in [2.75, 3.05) is 40.4 Å². The first-order valence-electron chi connectivity index (χ1n) is 7.56. The highest BCUT2D eigenvalue weighted by Gasteiger charge is 2.35. The lowest BCUT2D eigenvalue weighted by atomic mass is 10.0. The molecule has 2 N–H and O–H groups in total. The van der Waals surface area contributed by atoms with E-state index >= 15 is 0 Å². The Hall–Kier alpha value is -0.690. The molecule has 0 aromatic carbocycles. The van der Waals surface area contributed by atoms with Crippen molar-refractivity contribution in [1.82, 2.24) is 15.5 Å². The lowest BCUT2D eigenvalue weighted by Crippen LogP contribution is -2.51. The molecular formula is C14H27N3O3. The minimum Gasteiger partial charge on any atom is -0.354 e. The second kappa shape index (κ2) is 7.93. The number of ether oxygens (including phenoxy) is 2. The van der Waals surface area contributed by atoms with Gasteiger partial charge in [-0.15, -0.1) is 0 Å². The van der Waals surface area contributed by atoms with E-state index in [2.05, 4.69) is 15.5 Å². The van der Waals surface area contributed by atoms with Crippen LogP contribution in [0.1, 0.15) is 25.7 Å². The van der Waals surface area contributed by atoms with Gasteiger partial charge in [0.2, 0.25) is 5.91 Å². The van der Waals surface area contributed by atoms with Crippen LogP contribution in [0.15, 0.2) is 0 Å². The SMILES string of the molecule is COC(CNC(=O)C1CCCN1C1CCNCC1)OC. The molecule has 2 heterocycles. The van der Waals surface area contributed by atoms with Crippen LogP contribution in [-0.2, 0) is 14.3 Å². The summed E-state index contributed by atoms with van der Waals surface area (Å²) in [5.74, 6) is 0.111. The molecule has 0 aromatic heterocycles. The van der Waals surface area contributed by atoms with Crippen LogP contribution in [0.3, 0.4) is 0 Å². The molecule has 0 saturated carbocycles. The number of carbonyl (C=O) groups excluding carboxylic acids is 1. The normalized spacial score (nSPS) is 25.2. The quantitative estimate of drug-likeness (QED) is 0.669. The van der Waals surface area contributed by atoms with Crippen molar-refractivity contribution in [2.24, 2.45) is 0 Å². The molecule has 1 unspecified atom stereocenters. The fourth-order valence-corrected chi connectivity index (χ4v) is 3.21. The molecule has 1 atom stereocenters. The van der Waals surface area contributed by atoms with E-state index in [1.54, 1.807) is 14.2 Å². The van der Waals surface area contributed by atoms with Gasteiger partial charge in [0, 0.05) is 20.3 Å². The van der Waals surface area contributed by atoms with Crippen LogP contribution in [0, 0.1) is 0 Å². The second-order valence-electron chi connectivity index (χ2n) is 5.52. The fraction of sp³-hybridized carbons (Fsp3) is 0.929. The molecule has 6 nitrogen and oxygen atoms in total. The van der Waals surface area contributed by atoms with Gasteiger partial charge in [-0.25, -0.2) is 0 Å². The molecule has 2 aliphatic heterocycles. The number of piperidine rings is 1. The molecule has 2 fully saturated rings. The number of nitrogens with one attached hydrogen (secondary N) is 2. The topological polar surface area (TPSA) is 62.8 Å². The standard InChI is InChI=1S/C14H27N3O3/c1-19-13(20-2)10-16-14(18)12-4-3-9-17(12)11-5-7-15-8-6-11/h11-13,15H,3-10H2,1-2H3,(H,16,18). The maximum atomic E-state index is 12.4. The number of rotatable bonds is 6. The molecule has 0 aromatic rings. The maximum Gasteiger partial charge on any atom is 0.237 e. The molecule has 6 heteroatoms. The molecule has 2 aliphatic rings. The summed E-state index contributed by atoms with van der Waals surface area (Å²) in [6.45, 7) is 3.57. The van der Waals surface area contributed by atoms with E-state index in [-0.39, 0.29) is 18.2 Å². The zero-order valence-corrected chi connectivity index (χ0v) is 12.6. The van der Waals surface area contributed by atoms with Crippen LogP contribution >= 0.6 is 0 Å². The van der Waals surface area contributed by atoms with E-state index in [0.717, 1.165) is 45.3 Å². The number of hydrogen-bond acceptors (Lipinski definition) is 5. The smallest absolute Gasteiger partial charge is 0.237 e. The van der Waals surface area contributed by atoms with Crippen LogP contribution in [0.4, 0.5) is 0 Å². The minimum atomic E-state index is -0.368. The number of hydrogen-bond donors (Lipinski definition) is 2. The highest BCUT2D eigenvalue weighted by Crippen LogP contribution is 2.24. The van der Waals surface area contributed by atoms with Crippen molar-refractivity contribution < 1.29 is 14.3 Å². The first-order valence-corrected chi connectivity index (χ1v) is 7.56. The number of likely N-dealkylation sites (tertiary alicyclic amines) is 1. The van der Waals surface area contributed by atoms with E-state index in [1.807, 2.05) is 0 Å². The molecule has 0 radical (unpaired) electrons. The van der Waals surface area contributed by atoms with Crippen molar-refractivity contribution in [2.45, 2.75) is 44.1 Å². The summed E-state index contributed by atoms with van der Waals surface area (Å²) in [5.41, 5.74) is 0. The molecule has 0 bridgehead atoms. The van der Waals surface area contributed by atoms with E-state index in [0.29, 0.717) is 12.6 Å². The third-order valence-corrected chi connectivity index (χ3v) is 4.34. The third kappa shape index (κ3) is 3.91. The molecule has 20 heavy (non-hydrogen) atoms. The molecule has 0 spiro atoms. The van der Waals surface area contributed by atoms with Gasteiger partial charge in [-0.05, 0) is 45.3 Å². The van der Waals surface area contributed by atoms with Gasteiger partial charge in [0.1, 0.15) is 0 Å². The third-order valence-electron chi connectivity index (χ3n) is 4.34. The highest BCUT2D eigenvalue weighted by molar-refractivity contribution is 5.82. The molecular weight excluding hydrogens is 258 g/mol. The average Bonchev–Trinajstić information content (AvgIpc) is 2.98. The van der Waals surface area contributed by atoms with Gasteiger partial charge in [0.05, 0.1) is 12.6 Å². The first kappa shape index (κ1) is 15.7. The number of carbonyl (C=O) groups is 1. The van der Waals surface area contributed by atoms with Crippen molar-refractivity contribution in [3.8, 4) is 0 Å². The minimum absolute atomic E-state index is 0.0208. The van der Waals surface area contributed by atoms with E-state index in [1.165, 1.54) is 0 Å². The lowest BCUT2D eigenvalue weighted by molar-refractivity contribution is -0.132. The Balaban J connectivity index is 1.84. The Kier molecular flexibility index (Phi) is 6.22. The molecule has 116 valence electrons. The van der Waals surface area contributed by atoms with Crippen molar-refractivity contribution in [3.05, 3.63) is 0 Å². The van der Waals surface area contributed by atoms with Crippen molar-refractivity contribution in [3.63, 3.8) is 0 Å². The van der Waals surface area contributed by atoms with Crippen LogP contribution in [0.5, 0.6) is 0 Å². The summed E-state index contributed by atoms with van der Waals surface area (Å²) in [7, 11) is 3.16. The predicted molar refractivity (Wildman–Crippen MR) is 76.4 cm³/mol. The summed E-state index contributed by atoms with van der Waals surface area (Å²) >= 11 is 0. The van der Waals surface area contributed by atoms with Crippen LogP contribution < -0.4 is 10.6 Å². The highest BCUT2D eigenvalue weighted by atomic mass is 16.7. The Labute approximate surface area is 121 Å². The average molecular weight is 285 g/mol. The zero-order valence-electron chi connectivity index (χ0n) is 12.6. The number of nitrogens with zero attached hydrogens (tertiary/aromatic N) is 1. The summed E-state index contributed by atoms with van der Waals surface area (Å²) in [6.07, 6.45) is 3.98. The van der Waals surface area contributed by atoms with Crippen molar-refractivity contribution in [1.29, 1.82) is 0 Å². The summed E-state index contributed by atoms with van der Waals surface area (Å²) < 4.78 is 10.2. The predicted octanol–water partition coefficient (Wildman–Crippen LogP) is -0.0621. The second-order valence-corrected chi connectivity index (χ2v) is 5.52. The summed E-state index contributed by atoms with van der Waals surface area (Å²) in [4.78, 5) is 14.7. The molecule has 1 amide bonds. The summed E-state index contributed by atoms with van der Waals surface area (Å²) in [5, 5.41) is 6.33. The largest absolute Gasteiger partial charge is 0.354 e. The molecule has 2 saturated heterocycles. The molecule has 0 aliphatic carbocycles. The zero-order chi connectivity index (χ0) is 14.4. The van der Waals surface area contributed by atoms with Gasteiger partial charge in [-0.3, -0.25) is 9.69 Å². The van der Waals surface area contributed by atoms with Crippen LogP contribution in [0.25, 0.3) is 0 Å². The van der Waals surface area contributed by atoms with Gasteiger partial charge in [0.25, 0.3) is 0 Å². The Morgan fingerprint density at radius 3 is 2.65 bits per heavy atom. The monoisotopic (exact) mass is 285 g/mol. The molecule has 2 rings (SSSR count). The first-order chi connectivity index (χ1) is 9.76. The Morgan fingerprint density at radius 1 is 1.30 bits per heavy atom. The lowest BCUT2D eigenvalue weighted by Gasteiger charge is -2.35. The van der Waals surface area contributed by atoms with E-state index < -0.39 is 0 Å². The Morgan fingerprint density at radius 2 is 2.00 bits per heavy atom. The summed E-state index contributed by atoms with van der Waals surface area (Å²) in [6, 6.07) is 0.572. The van der Waals surface area contributed by atoms with Gasteiger partial charge < -0.3 is 20.1 Å². The number of methoxy groups -OCH3 is 2. The van der Waals surface area contributed by atoms with Crippen molar-refractivity contribution >= 4 is 5.91 Å².